The van der Waals surface area contributed by atoms with E-state index >= 15 is 0 Å². The molecule has 0 amide bonds. The van der Waals surface area contributed by atoms with E-state index in [1.54, 1.807) is 12.5 Å². The summed E-state index contributed by atoms with van der Waals surface area (Å²) >= 11 is 5.61. The molecule has 1 saturated heterocycles. The summed E-state index contributed by atoms with van der Waals surface area (Å²) in [7, 11) is 0. The summed E-state index contributed by atoms with van der Waals surface area (Å²) in [5, 5.41) is 5.06. The second-order valence-electron chi connectivity index (χ2n) is 7.37. The van der Waals surface area contributed by atoms with Crippen molar-refractivity contribution >= 4 is 34.1 Å². The van der Waals surface area contributed by atoms with E-state index in [1.807, 2.05) is 44.3 Å². The number of nitrogens with one attached hydrogen (secondary N) is 1. The van der Waals surface area contributed by atoms with Crippen molar-refractivity contribution in [1.82, 2.24) is 25.2 Å². The summed E-state index contributed by atoms with van der Waals surface area (Å²) in [5.74, 6) is 2.34. The minimum Gasteiger partial charge on any atom is -0.490 e. The predicted molar refractivity (Wildman–Crippen MR) is 129 cm³/mol. The Morgan fingerprint density at radius 3 is 2.50 bits per heavy atom. The van der Waals surface area contributed by atoms with Gasteiger partial charge in [0.1, 0.15) is 12.1 Å². The fourth-order valence-corrected chi connectivity index (χ4v) is 4.01. The Hall–Kier alpha value is -3.20. The zero-order valence-corrected chi connectivity index (χ0v) is 19.3. The lowest BCUT2D eigenvalue weighted by molar-refractivity contribution is 0.288. The number of aromatic nitrogens is 3. The SMILES string of the molecule is CCOc1cc2ncnc(N3CCN(C(=S)NCc4cccnc4)CC3)c2cc1OCC. The fourth-order valence-electron chi connectivity index (χ4n) is 3.75. The zero-order valence-electron chi connectivity index (χ0n) is 18.5. The molecule has 0 unspecified atom stereocenters. The molecule has 168 valence electrons. The number of thiocarbonyl (C=S) groups is 1. The molecule has 32 heavy (non-hydrogen) atoms. The van der Waals surface area contributed by atoms with Gasteiger partial charge in [0.2, 0.25) is 0 Å². The molecule has 4 rings (SSSR count). The number of fused-ring (bicyclic) bond motifs is 1. The molecule has 1 fully saturated rings. The Bertz CT molecular complexity index is 1060. The molecule has 2 aromatic heterocycles. The molecule has 0 radical (unpaired) electrons. The predicted octanol–water partition coefficient (Wildman–Crippen LogP) is 3.02. The minimum absolute atomic E-state index is 0.566. The number of hydrogen-bond acceptors (Lipinski definition) is 7. The summed E-state index contributed by atoms with van der Waals surface area (Å²) in [6.45, 7) is 9.01. The van der Waals surface area contributed by atoms with Crippen LogP contribution in [0.3, 0.4) is 0 Å². The van der Waals surface area contributed by atoms with E-state index in [9.17, 15) is 0 Å². The summed E-state index contributed by atoms with van der Waals surface area (Å²) in [4.78, 5) is 17.7. The molecule has 3 aromatic rings. The lowest BCUT2D eigenvalue weighted by Crippen LogP contribution is -2.51. The minimum atomic E-state index is 0.566. The first kappa shape index (κ1) is 22.0. The van der Waals surface area contributed by atoms with Gasteiger partial charge >= 0.3 is 0 Å². The van der Waals surface area contributed by atoms with Gasteiger partial charge in [-0.3, -0.25) is 4.98 Å². The first-order valence-corrected chi connectivity index (χ1v) is 11.3. The highest BCUT2D eigenvalue weighted by Gasteiger charge is 2.22. The molecule has 0 atom stereocenters. The van der Waals surface area contributed by atoms with Gasteiger partial charge in [-0.1, -0.05) is 6.07 Å². The van der Waals surface area contributed by atoms with Crippen molar-refractivity contribution in [2.24, 2.45) is 0 Å². The molecule has 8 nitrogen and oxygen atoms in total. The highest BCUT2D eigenvalue weighted by Crippen LogP contribution is 2.35. The van der Waals surface area contributed by atoms with Crippen molar-refractivity contribution in [2.45, 2.75) is 20.4 Å². The second kappa shape index (κ2) is 10.4. The number of nitrogens with zero attached hydrogens (tertiary/aromatic N) is 5. The summed E-state index contributed by atoms with van der Waals surface area (Å²) in [6.07, 6.45) is 5.23. The summed E-state index contributed by atoms with van der Waals surface area (Å²) in [5.41, 5.74) is 1.95. The van der Waals surface area contributed by atoms with Gasteiger partial charge in [-0.25, -0.2) is 9.97 Å². The first-order chi connectivity index (χ1) is 15.7. The van der Waals surface area contributed by atoms with Gasteiger partial charge < -0.3 is 24.6 Å². The Balaban J connectivity index is 1.45. The third-order valence-electron chi connectivity index (χ3n) is 5.31. The average molecular weight is 453 g/mol. The molecule has 0 saturated carbocycles. The van der Waals surface area contributed by atoms with Crippen molar-refractivity contribution in [3.05, 3.63) is 48.5 Å². The van der Waals surface area contributed by atoms with Gasteiger partial charge in [-0.05, 0) is 43.8 Å². The second-order valence-corrected chi connectivity index (χ2v) is 7.76. The largest absolute Gasteiger partial charge is 0.490 e. The maximum Gasteiger partial charge on any atom is 0.169 e. The quantitative estimate of drug-likeness (QED) is 0.544. The molecular formula is C23H28N6O2S. The molecule has 1 aromatic carbocycles. The van der Waals surface area contributed by atoms with Gasteiger partial charge in [0.15, 0.2) is 16.6 Å². The Morgan fingerprint density at radius 2 is 1.81 bits per heavy atom. The average Bonchev–Trinajstić information content (AvgIpc) is 2.83. The molecular weight excluding hydrogens is 424 g/mol. The number of hydrogen-bond donors (Lipinski definition) is 1. The third kappa shape index (κ3) is 4.99. The molecule has 1 aliphatic rings. The van der Waals surface area contributed by atoms with E-state index in [1.165, 1.54) is 0 Å². The standard InChI is InChI=1S/C23H28N6O2S/c1-3-30-20-12-18-19(13-21(20)31-4-2)26-16-27-22(18)28-8-10-29(11-9-28)23(32)25-15-17-6-5-7-24-14-17/h5-7,12-14,16H,3-4,8-11,15H2,1-2H3,(H,25,32). The highest BCUT2D eigenvalue weighted by molar-refractivity contribution is 7.80. The number of benzene rings is 1. The summed E-state index contributed by atoms with van der Waals surface area (Å²) in [6, 6.07) is 7.89. The van der Waals surface area contributed by atoms with E-state index in [-0.39, 0.29) is 0 Å². The van der Waals surface area contributed by atoms with Crippen LogP contribution in [0.1, 0.15) is 19.4 Å². The molecule has 3 heterocycles. The Labute approximate surface area is 193 Å². The van der Waals surface area contributed by atoms with Crippen LogP contribution in [0.15, 0.2) is 43.0 Å². The van der Waals surface area contributed by atoms with Crippen molar-refractivity contribution in [1.29, 1.82) is 0 Å². The van der Waals surface area contributed by atoms with Crippen LogP contribution in [-0.4, -0.2) is 64.4 Å². The van der Waals surface area contributed by atoms with Crippen LogP contribution in [0.5, 0.6) is 11.5 Å². The Kier molecular flexibility index (Phi) is 7.16. The van der Waals surface area contributed by atoms with Crippen LogP contribution < -0.4 is 19.7 Å². The number of rotatable bonds is 7. The van der Waals surface area contributed by atoms with Crippen molar-refractivity contribution in [2.75, 3.05) is 44.3 Å². The number of anilines is 1. The van der Waals surface area contributed by atoms with Crippen LogP contribution in [0, 0.1) is 0 Å². The van der Waals surface area contributed by atoms with E-state index in [2.05, 4.69) is 30.1 Å². The lowest BCUT2D eigenvalue weighted by Gasteiger charge is -2.37. The number of pyridine rings is 1. The van der Waals surface area contributed by atoms with Gasteiger partial charge in [0.25, 0.3) is 0 Å². The van der Waals surface area contributed by atoms with Crippen LogP contribution in [-0.2, 0) is 6.54 Å². The zero-order chi connectivity index (χ0) is 22.3. The number of ether oxygens (including phenoxy) is 2. The molecule has 1 aliphatic heterocycles. The summed E-state index contributed by atoms with van der Waals surface area (Å²) < 4.78 is 11.6. The highest BCUT2D eigenvalue weighted by atomic mass is 32.1. The monoisotopic (exact) mass is 452 g/mol. The molecule has 9 heteroatoms. The molecule has 0 aliphatic carbocycles. The third-order valence-corrected chi connectivity index (χ3v) is 5.71. The fraction of sp³-hybridized carbons (Fsp3) is 0.391. The van der Waals surface area contributed by atoms with Gasteiger partial charge in [-0.2, -0.15) is 0 Å². The normalized spacial score (nSPS) is 13.8. The van der Waals surface area contributed by atoms with Crippen molar-refractivity contribution in [3.63, 3.8) is 0 Å². The van der Waals surface area contributed by atoms with Crippen LogP contribution >= 0.6 is 12.2 Å². The van der Waals surface area contributed by atoms with Gasteiger partial charge in [-0.15, -0.1) is 0 Å². The topological polar surface area (TPSA) is 75.6 Å². The smallest absolute Gasteiger partial charge is 0.169 e. The van der Waals surface area contributed by atoms with E-state index in [4.69, 9.17) is 21.7 Å². The molecule has 0 spiro atoms. The maximum absolute atomic E-state index is 5.81. The van der Waals surface area contributed by atoms with Crippen LogP contribution in [0.4, 0.5) is 5.82 Å². The maximum atomic E-state index is 5.81. The van der Waals surface area contributed by atoms with Crippen LogP contribution in [0.25, 0.3) is 10.9 Å². The lowest BCUT2D eigenvalue weighted by atomic mass is 10.2. The van der Waals surface area contributed by atoms with Gasteiger partial charge in [0.05, 0.1) is 18.7 Å². The molecule has 0 bridgehead atoms. The first-order valence-electron chi connectivity index (χ1n) is 10.9. The van der Waals surface area contributed by atoms with E-state index in [0.717, 1.165) is 59.3 Å². The van der Waals surface area contributed by atoms with Crippen LogP contribution in [0.2, 0.25) is 0 Å². The van der Waals surface area contributed by atoms with Crippen molar-refractivity contribution < 1.29 is 9.47 Å². The Morgan fingerprint density at radius 1 is 1.06 bits per heavy atom. The van der Waals surface area contributed by atoms with Crippen molar-refractivity contribution in [3.8, 4) is 11.5 Å². The van der Waals surface area contributed by atoms with E-state index < -0.39 is 0 Å². The van der Waals surface area contributed by atoms with E-state index in [0.29, 0.717) is 25.5 Å². The van der Waals surface area contributed by atoms with Gasteiger partial charge in [0, 0.05) is 56.6 Å². The number of piperazine rings is 1. The molecule has 1 N–H and O–H groups in total.